The predicted octanol–water partition coefficient (Wildman–Crippen LogP) is 3.27. The predicted molar refractivity (Wildman–Crippen MR) is 75.6 cm³/mol. The highest BCUT2D eigenvalue weighted by atomic mass is 14.7. The second kappa shape index (κ2) is 4.25. The quantitative estimate of drug-likeness (QED) is 0.809. The van der Waals surface area contributed by atoms with Crippen molar-refractivity contribution in [2.45, 2.75) is 31.2 Å². The summed E-state index contributed by atoms with van der Waals surface area (Å²) in [4.78, 5) is 0. The molecule has 0 amide bonds. The van der Waals surface area contributed by atoms with E-state index in [9.17, 15) is 0 Å². The summed E-state index contributed by atoms with van der Waals surface area (Å²) in [7, 11) is 0. The smallest absolute Gasteiger partial charge is 0.0192 e. The van der Waals surface area contributed by atoms with Crippen LogP contribution >= 0.6 is 0 Å². The van der Waals surface area contributed by atoms with Crippen LogP contribution in [0.5, 0.6) is 0 Å². The molecule has 2 atom stereocenters. The molecule has 2 aromatic rings. The zero-order valence-electron chi connectivity index (χ0n) is 10.8. The molecule has 0 unspecified atom stereocenters. The molecule has 1 aliphatic rings. The average molecular weight is 237 g/mol. The first kappa shape index (κ1) is 11.5. The fourth-order valence-electron chi connectivity index (χ4n) is 3.30. The lowest BCUT2D eigenvalue weighted by Crippen LogP contribution is -2.40. The van der Waals surface area contributed by atoms with Gasteiger partial charge in [0.1, 0.15) is 0 Å². The summed E-state index contributed by atoms with van der Waals surface area (Å²) in [6.07, 6.45) is 2.02. The van der Waals surface area contributed by atoms with Crippen molar-refractivity contribution < 1.29 is 0 Å². The number of hydrogen-bond acceptors (Lipinski definition) is 1. The van der Waals surface area contributed by atoms with Crippen molar-refractivity contribution >= 4 is 0 Å². The van der Waals surface area contributed by atoms with Crippen molar-refractivity contribution in [3.63, 3.8) is 0 Å². The second-order valence-corrected chi connectivity index (χ2v) is 5.52. The molecule has 18 heavy (non-hydrogen) atoms. The molecule has 0 saturated heterocycles. The molecule has 0 aromatic heterocycles. The Balaban J connectivity index is 2.17. The molecular weight excluding hydrogens is 218 g/mol. The Kier molecular flexibility index (Phi) is 2.71. The lowest BCUT2D eigenvalue weighted by Gasteiger charge is -2.39. The average Bonchev–Trinajstić information content (AvgIpc) is 2.39. The number of rotatable bonds is 1. The van der Waals surface area contributed by atoms with Crippen molar-refractivity contribution in [1.82, 2.24) is 0 Å². The third kappa shape index (κ3) is 1.75. The van der Waals surface area contributed by atoms with Crippen molar-refractivity contribution in [1.29, 1.82) is 0 Å². The molecule has 1 nitrogen and oxygen atoms in total. The van der Waals surface area contributed by atoms with Crippen molar-refractivity contribution in [2.24, 2.45) is 5.73 Å². The highest BCUT2D eigenvalue weighted by Crippen LogP contribution is 2.41. The van der Waals surface area contributed by atoms with Crippen LogP contribution < -0.4 is 5.73 Å². The summed E-state index contributed by atoms with van der Waals surface area (Å²) in [6.45, 7) is 2.32. The van der Waals surface area contributed by atoms with Crippen LogP contribution in [0.3, 0.4) is 0 Å². The summed E-state index contributed by atoms with van der Waals surface area (Å²) in [6, 6.07) is 19.7. The van der Waals surface area contributed by atoms with Crippen LogP contribution in [0.15, 0.2) is 54.6 Å². The number of fused-ring (bicyclic) bond motifs is 1. The first-order valence-corrected chi connectivity index (χ1v) is 6.59. The zero-order chi connectivity index (χ0) is 12.6. The molecule has 0 heterocycles. The fraction of sp³-hybridized carbons (Fsp3) is 0.294. The van der Waals surface area contributed by atoms with Crippen LogP contribution in [0, 0.1) is 0 Å². The lowest BCUT2D eigenvalue weighted by atomic mass is 9.66. The van der Waals surface area contributed by atoms with Gasteiger partial charge in [0.15, 0.2) is 0 Å². The molecule has 92 valence electrons. The normalized spacial score (nSPS) is 26.7. The molecule has 2 aromatic carbocycles. The third-order valence-electron chi connectivity index (χ3n) is 4.18. The Morgan fingerprint density at radius 2 is 1.67 bits per heavy atom. The van der Waals surface area contributed by atoms with Gasteiger partial charge in [0.25, 0.3) is 0 Å². The van der Waals surface area contributed by atoms with Gasteiger partial charge < -0.3 is 5.73 Å². The van der Waals surface area contributed by atoms with Crippen LogP contribution in [-0.4, -0.2) is 6.04 Å². The van der Waals surface area contributed by atoms with E-state index >= 15 is 0 Å². The summed E-state index contributed by atoms with van der Waals surface area (Å²) >= 11 is 0. The van der Waals surface area contributed by atoms with Crippen LogP contribution in [0.4, 0.5) is 0 Å². The summed E-state index contributed by atoms with van der Waals surface area (Å²) in [5.41, 5.74) is 10.5. The van der Waals surface area contributed by atoms with Gasteiger partial charge in [-0.15, -0.1) is 0 Å². The highest BCUT2D eigenvalue weighted by molar-refractivity contribution is 5.45. The fourth-order valence-corrected chi connectivity index (χ4v) is 3.30. The summed E-state index contributed by atoms with van der Waals surface area (Å²) in [5.74, 6) is 0. The van der Waals surface area contributed by atoms with E-state index in [2.05, 4.69) is 61.5 Å². The van der Waals surface area contributed by atoms with Crippen molar-refractivity contribution in [2.75, 3.05) is 0 Å². The maximum Gasteiger partial charge on any atom is 0.0192 e. The minimum absolute atomic E-state index is 0.0511. The molecule has 2 N–H and O–H groups in total. The first-order chi connectivity index (χ1) is 8.70. The van der Waals surface area contributed by atoms with Gasteiger partial charge in [-0.2, -0.15) is 0 Å². The Labute approximate surface area is 109 Å². The van der Waals surface area contributed by atoms with Gasteiger partial charge in [0, 0.05) is 11.5 Å². The van der Waals surface area contributed by atoms with E-state index in [1.807, 2.05) is 0 Å². The molecule has 0 radical (unpaired) electrons. The minimum atomic E-state index is 0.0511. The van der Waals surface area contributed by atoms with Crippen molar-refractivity contribution in [3.05, 3.63) is 71.3 Å². The molecule has 3 rings (SSSR count). The van der Waals surface area contributed by atoms with Crippen LogP contribution in [0.2, 0.25) is 0 Å². The van der Waals surface area contributed by atoms with Gasteiger partial charge in [-0.05, 0) is 29.5 Å². The van der Waals surface area contributed by atoms with E-state index in [0.717, 1.165) is 12.8 Å². The van der Waals surface area contributed by atoms with Crippen LogP contribution in [0.1, 0.15) is 30.0 Å². The molecule has 1 aliphatic carbocycles. The number of nitrogens with two attached hydrogens (primary N) is 1. The monoisotopic (exact) mass is 237 g/mol. The largest absolute Gasteiger partial charge is 0.327 e. The Bertz CT molecular complexity index is 547. The van der Waals surface area contributed by atoms with E-state index in [0.29, 0.717) is 0 Å². The number of benzene rings is 2. The maximum absolute atomic E-state index is 6.26. The van der Waals surface area contributed by atoms with Gasteiger partial charge >= 0.3 is 0 Å². The molecule has 0 saturated carbocycles. The van der Waals surface area contributed by atoms with E-state index in [-0.39, 0.29) is 11.5 Å². The van der Waals surface area contributed by atoms with Gasteiger partial charge in [0.05, 0.1) is 0 Å². The van der Waals surface area contributed by atoms with E-state index < -0.39 is 0 Å². The SMILES string of the molecule is C[C@]1(c2ccccc2)C[C@@H](N)Cc2ccccc21. The van der Waals surface area contributed by atoms with Gasteiger partial charge in [-0.3, -0.25) is 0 Å². The standard InChI is InChI=1S/C17H19N/c1-17(14-8-3-2-4-9-14)12-15(18)11-13-7-5-6-10-16(13)17/h2-10,15H,11-12,18H2,1H3/t15-,17+/m0/s1. The highest BCUT2D eigenvalue weighted by Gasteiger charge is 2.36. The summed E-state index contributed by atoms with van der Waals surface area (Å²) in [5, 5.41) is 0. The Morgan fingerprint density at radius 1 is 1.00 bits per heavy atom. The molecule has 0 aliphatic heterocycles. The minimum Gasteiger partial charge on any atom is -0.327 e. The van der Waals surface area contributed by atoms with Gasteiger partial charge in [-0.25, -0.2) is 0 Å². The van der Waals surface area contributed by atoms with Crippen molar-refractivity contribution in [3.8, 4) is 0 Å². The van der Waals surface area contributed by atoms with E-state index in [1.165, 1.54) is 16.7 Å². The third-order valence-corrected chi connectivity index (χ3v) is 4.18. The maximum atomic E-state index is 6.26. The second-order valence-electron chi connectivity index (χ2n) is 5.52. The van der Waals surface area contributed by atoms with Gasteiger partial charge in [0.2, 0.25) is 0 Å². The van der Waals surface area contributed by atoms with Crippen LogP contribution in [-0.2, 0) is 11.8 Å². The number of hydrogen-bond donors (Lipinski definition) is 1. The van der Waals surface area contributed by atoms with Gasteiger partial charge in [-0.1, -0.05) is 61.5 Å². The zero-order valence-corrected chi connectivity index (χ0v) is 10.8. The summed E-state index contributed by atoms with van der Waals surface area (Å²) < 4.78 is 0. The Morgan fingerprint density at radius 3 is 2.44 bits per heavy atom. The molecule has 0 spiro atoms. The molecule has 1 heteroatoms. The lowest BCUT2D eigenvalue weighted by molar-refractivity contribution is 0.418. The van der Waals surface area contributed by atoms with Crippen LogP contribution in [0.25, 0.3) is 0 Å². The molecular formula is C17H19N. The first-order valence-electron chi connectivity index (χ1n) is 6.59. The van der Waals surface area contributed by atoms with E-state index in [1.54, 1.807) is 0 Å². The Hall–Kier alpha value is -1.60. The van der Waals surface area contributed by atoms with E-state index in [4.69, 9.17) is 5.73 Å². The molecule has 0 bridgehead atoms. The molecule has 0 fully saturated rings. The topological polar surface area (TPSA) is 26.0 Å².